The van der Waals surface area contributed by atoms with Gasteiger partial charge in [-0.3, -0.25) is 4.72 Å². The summed E-state index contributed by atoms with van der Waals surface area (Å²) in [6.07, 6.45) is 1.47. The Labute approximate surface area is 132 Å². The lowest BCUT2D eigenvalue weighted by atomic mass is 10.2. The Balaban J connectivity index is 2.51. The van der Waals surface area contributed by atoms with Crippen LogP contribution in [0, 0.1) is 18.3 Å². The number of pyridine rings is 1. The van der Waals surface area contributed by atoms with Crippen LogP contribution in [0.5, 0.6) is 0 Å². The zero-order chi connectivity index (χ0) is 15.6. The second kappa shape index (κ2) is 5.90. The molecule has 0 spiro atoms. The molecule has 0 fully saturated rings. The molecule has 1 aromatic heterocycles. The zero-order valence-electron chi connectivity index (χ0n) is 10.8. The van der Waals surface area contributed by atoms with E-state index in [1.165, 1.54) is 24.4 Å². The highest BCUT2D eigenvalue weighted by atomic mass is 35.5. The Bertz CT molecular complexity index is 825. The predicted molar refractivity (Wildman–Crippen MR) is 81.0 cm³/mol. The van der Waals surface area contributed by atoms with Crippen molar-refractivity contribution in [2.75, 3.05) is 4.72 Å². The molecule has 0 saturated carbocycles. The molecule has 0 aliphatic carbocycles. The first kappa shape index (κ1) is 15.6. The minimum atomic E-state index is -3.98. The van der Waals surface area contributed by atoms with E-state index in [2.05, 4.69) is 9.71 Å². The number of nitriles is 1. The number of aryl methyl sites for hydroxylation is 1. The largest absolute Gasteiger partial charge is 0.276 e. The van der Waals surface area contributed by atoms with E-state index in [9.17, 15) is 8.42 Å². The zero-order valence-corrected chi connectivity index (χ0v) is 13.1. The molecule has 108 valence electrons. The van der Waals surface area contributed by atoms with Crippen LogP contribution in [-0.4, -0.2) is 13.4 Å². The van der Waals surface area contributed by atoms with Gasteiger partial charge in [-0.2, -0.15) is 5.26 Å². The highest BCUT2D eigenvalue weighted by Crippen LogP contribution is 2.29. The van der Waals surface area contributed by atoms with Crippen molar-refractivity contribution in [3.63, 3.8) is 0 Å². The van der Waals surface area contributed by atoms with Crippen molar-refractivity contribution < 1.29 is 8.42 Å². The van der Waals surface area contributed by atoms with E-state index >= 15 is 0 Å². The molecular formula is C13H9Cl2N3O2S. The monoisotopic (exact) mass is 341 g/mol. The molecule has 0 bridgehead atoms. The minimum absolute atomic E-state index is 0.0131. The highest BCUT2D eigenvalue weighted by molar-refractivity contribution is 7.92. The molecule has 1 heterocycles. The molecule has 0 amide bonds. The third-order valence-corrected chi connectivity index (χ3v) is 4.82. The van der Waals surface area contributed by atoms with Crippen LogP contribution in [0.1, 0.15) is 11.1 Å². The van der Waals surface area contributed by atoms with E-state index in [0.29, 0.717) is 5.56 Å². The Morgan fingerprint density at radius 1 is 1.29 bits per heavy atom. The highest BCUT2D eigenvalue weighted by Gasteiger charge is 2.21. The fourth-order valence-electron chi connectivity index (χ4n) is 1.62. The molecule has 2 aromatic rings. The number of nitrogens with one attached hydrogen (secondary N) is 1. The average molecular weight is 342 g/mol. The number of rotatable bonds is 3. The Morgan fingerprint density at radius 2 is 2.00 bits per heavy atom. The van der Waals surface area contributed by atoms with Crippen LogP contribution in [0.25, 0.3) is 0 Å². The summed E-state index contributed by atoms with van der Waals surface area (Å²) < 4.78 is 27.2. The number of halogens is 2. The summed E-state index contributed by atoms with van der Waals surface area (Å²) in [5.41, 5.74) is 0.984. The van der Waals surface area contributed by atoms with Gasteiger partial charge in [-0.25, -0.2) is 13.4 Å². The Hall–Kier alpha value is -1.81. The second-order valence-corrected chi connectivity index (χ2v) is 6.57. The summed E-state index contributed by atoms with van der Waals surface area (Å²) in [4.78, 5) is 3.64. The van der Waals surface area contributed by atoms with Crippen LogP contribution in [0.15, 0.2) is 35.4 Å². The predicted octanol–water partition coefficient (Wildman–Crippen LogP) is 3.37. The summed E-state index contributed by atoms with van der Waals surface area (Å²) in [5, 5.41) is 8.90. The number of nitrogens with zero attached hydrogens (tertiary/aromatic N) is 2. The molecule has 0 aliphatic heterocycles. The van der Waals surface area contributed by atoms with Gasteiger partial charge in [-0.15, -0.1) is 0 Å². The number of aromatic nitrogens is 1. The van der Waals surface area contributed by atoms with Gasteiger partial charge in [0.05, 0.1) is 22.3 Å². The Morgan fingerprint density at radius 3 is 2.62 bits per heavy atom. The standard InChI is InChI=1S/C13H9Cl2N3O2S/c1-8-4-5-17-13(15)12(8)18-21(19,20)11-6-9(7-16)2-3-10(11)14/h2-6,18H,1H3. The second-order valence-electron chi connectivity index (χ2n) is 4.16. The molecule has 0 atom stereocenters. The van der Waals surface area contributed by atoms with Crippen molar-refractivity contribution in [3.8, 4) is 6.07 Å². The first-order valence-electron chi connectivity index (χ1n) is 5.69. The van der Waals surface area contributed by atoms with Crippen LogP contribution in [0.4, 0.5) is 5.69 Å². The van der Waals surface area contributed by atoms with E-state index in [4.69, 9.17) is 28.5 Å². The minimum Gasteiger partial charge on any atom is -0.276 e. The summed E-state index contributed by atoms with van der Waals surface area (Å²) in [6.45, 7) is 1.69. The normalized spacial score (nSPS) is 11.0. The van der Waals surface area contributed by atoms with Crippen molar-refractivity contribution in [1.82, 2.24) is 4.98 Å². The first-order chi connectivity index (χ1) is 9.85. The number of sulfonamides is 1. The van der Waals surface area contributed by atoms with Crippen molar-refractivity contribution in [1.29, 1.82) is 5.26 Å². The van der Waals surface area contributed by atoms with Crippen LogP contribution in [-0.2, 0) is 10.0 Å². The molecule has 1 N–H and O–H groups in total. The fraction of sp³-hybridized carbons (Fsp3) is 0.0769. The van der Waals surface area contributed by atoms with Gasteiger partial charge in [0.1, 0.15) is 4.90 Å². The van der Waals surface area contributed by atoms with Crippen LogP contribution in [0.3, 0.4) is 0 Å². The summed E-state index contributed by atoms with van der Waals surface area (Å²) in [6, 6.07) is 7.47. The smallest absolute Gasteiger partial charge is 0.263 e. The number of hydrogen-bond acceptors (Lipinski definition) is 4. The van der Waals surface area contributed by atoms with Crippen LogP contribution >= 0.6 is 23.2 Å². The van der Waals surface area contributed by atoms with Crippen molar-refractivity contribution in [2.45, 2.75) is 11.8 Å². The number of hydrogen-bond donors (Lipinski definition) is 1. The van der Waals surface area contributed by atoms with Gasteiger partial charge in [-0.1, -0.05) is 23.2 Å². The molecule has 1 aromatic carbocycles. The molecule has 0 radical (unpaired) electrons. The lowest BCUT2D eigenvalue weighted by Crippen LogP contribution is -2.15. The SMILES string of the molecule is Cc1ccnc(Cl)c1NS(=O)(=O)c1cc(C#N)ccc1Cl. The molecule has 0 unspecified atom stereocenters. The molecule has 0 saturated heterocycles. The average Bonchev–Trinajstić information content (AvgIpc) is 2.43. The maximum Gasteiger partial charge on any atom is 0.263 e. The van der Waals surface area contributed by atoms with Crippen LogP contribution < -0.4 is 4.72 Å². The molecule has 0 aliphatic rings. The lowest BCUT2D eigenvalue weighted by Gasteiger charge is -2.12. The van der Waals surface area contributed by atoms with Gasteiger partial charge in [0.15, 0.2) is 5.15 Å². The van der Waals surface area contributed by atoms with E-state index in [-0.39, 0.29) is 26.3 Å². The van der Waals surface area contributed by atoms with Crippen molar-refractivity contribution in [2.24, 2.45) is 0 Å². The molecule has 5 nitrogen and oxygen atoms in total. The van der Waals surface area contributed by atoms with Gasteiger partial charge in [0.25, 0.3) is 10.0 Å². The maximum absolute atomic E-state index is 12.4. The summed E-state index contributed by atoms with van der Waals surface area (Å²) in [5.74, 6) is 0. The molecule has 8 heteroatoms. The third-order valence-electron chi connectivity index (χ3n) is 2.70. The topological polar surface area (TPSA) is 82.8 Å². The first-order valence-corrected chi connectivity index (χ1v) is 7.92. The quantitative estimate of drug-likeness (QED) is 0.867. The van der Waals surface area contributed by atoms with E-state index in [1.54, 1.807) is 13.0 Å². The van der Waals surface area contributed by atoms with Crippen LogP contribution in [0.2, 0.25) is 10.2 Å². The van der Waals surface area contributed by atoms with Crippen molar-refractivity contribution >= 4 is 38.9 Å². The van der Waals surface area contributed by atoms with Gasteiger partial charge in [0.2, 0.25) is 0 Å². The number of benzene rings is 1. The molecular weight excluding hydrogens is 333 g/mol. The lowest BCUT2D eigenvalue weighted by molar-refractivity contribution is 0.601. The molecule has 21 heavy (non-hydrogen) atoms. The van der Waals surface area contributed by atoms with E-state index in [1.807, 2.05) is 6.07 Å². The maximum atomic E-state index is 12.4. The molecule has 2 rings (SSSR count). The number of anilines is 1. The van der Waals surface area contributed by atoms with Gasteiger partial charge < -0.3 is 0 Å². The Kier molecular flexibility index (Phi) is 4.37. The fourth-order valence-corrected chi connectivity index (χ4v) is 3.59. The van der Waals surface area contributed by atoms with Gasteiger partial charge >= 0.3 is 0 Å². The van der Waals surface area contributed by atoms with E-state index in [0.717, 1.165) is 0 Å². The van der Waals surface area contributed by atoms with Gasteiger partial charge in [-0.05, 0) is 36.8 Å². The van der Waals surface area contributed by atoms with Crippen molar-refractivity contribution in [3.05, 3.63) is 51.8 Å². The summed E-state index contributed by atoms with van der Waals surface area (Å²) >= 11 is 11.8. The van der Waals surface area contributed by atoms with E-state index < -0.39 is 10.0 Å². The summed E-state index contributed by atoms with van der Waals surface area (Å²) in [7, 11) is -3.98. The third kappa shape index (κ3) is 3.27. The van der Waals surface area contributed by atoms with Gasteiger partial charge in [0, 0.05) is 6.20 Å².